The molecule has 1 aromatic carbocycles. The van der Waals surface area contributed by atoms with E-state index in [1.807, 2.05) is 13.8 Å². The van der Waals surface area contributed by atoms with Gasteiger partial charge in [-0.1, -0.05) is 13.8 Å². The van der Waals surface area contributed by atoms with Crippen LogP contribution >= 0.6 is 22.0 Å². The van der Waals surface area contributed by atoms with E-state index in [1.54, 1.807) is 13.8 Å². The van der Waals surface area contributed by atoms with Gasteiger partial charge in [0.2, 0.25) is 0 Å². The predicted molar refractivity (Wildman–Crippen MR) is 121 cm³/mol. The third-order valence-electron chi connectivity index (χ3n) is 4.34. The fourth-order valence-corrected chi connectivity index (χ4v) is 3.95. The topological polar surface area (TPSA) is 130 Å². The van der Waals surface area contributed by atoms with Gasteiger partial charge in [0.1, 0.15) is 22.5 Å². The summed E-state index contributed by atoms with van der Waals surface area (Å²) >= 11 is -0.0515. The number of hydrogen-bond acceptors (Lipinski definition) is 7. The maximum absolute atomic E-state index is 13.0. The Morgan fingerprint density at radius 1 is 1.29 bits per heavy atom. The number of aliphatic carboxylic acids is 2. The fourth-order valence-electron chi connectivity index (χ4n) is 2.75. The molecule has 0 aliphatic carbocycles. The smallest absolute Gasteiger partial charge is 0.323 e. The van der Waals surface area contributed by atoms with Gasteiger partial charge in [0, 0.05) is 24.6 Å². The van der Waals surface area contributed by atoms with E-state index < -0.39 is 35.7 Å². The van der Waals surface area contributed by atoms with Crippen molar-refractivity contribution in [3.8, 4) is 5.75 Å². The lowest BCUT2D eigenvalue weighted by Crippen LogP contribution is -2.47. The highest BCUT2D eigenvalue weighted by molar-refractivity contribution is 8.74. The van der Waals surface area contributed by atoms with E-state index in [2.05, 4.69) is 0 Å². The number of hydrogen-bond donors (Lipinski definition) is 3. The summed E-state index contributed by atoms with van der Waals surface area (Å²) in [5.41, 5.74) is 4.55. The molecule has 0 fully saturated rings. The molecule has 31 heavy (non-hydrogen) atoms. The van der Waals surface area contributed by atoms with Crippen molar-refractivity contribution in [1.29, 1.82) is 0 Å². The van der Waals surface area contributed by atoms with Gasteiger partial charge in [-0.15, -0.1) is 0 Å². The van der Waals surface area contributed by atoms with Gasteiger partial charge >= 0.3 is 11.9 Å². The van der Waals surface area contributed by atoms with E-state index in [-0.39, 0.29) is 34.7 Å². The summed E-state index contributed by atoms with van der Waals surface area (Å²) in [5.74, 6) is -4.50. The zero-order chi connectivity index (χ0) is 24.5. The van der Waals surface area contributed by atoms with E-state index in [0.717, 1.165) is 10.8 Å². The molecule has 2 unspecified atom stereocenters. The normalized spacial score (nSPS) is 13.3. The lowest BCUT2D eigenvalue weighted by atomic mass is 9.83. The van der Waals surface area contributed by atoms with Crippen molar-refractivity contribution in [3.63, 3.8) is 0 Å². The highest BCUT2D eigenvalue weighted by atomic mass is 33.1. The Balaban J connectivity index is 0.00000436. The zero-order valence-corrected chi connectivity index (χ0v) is 20.4. The molecule has 1 amide bonds. The molecular formula is C20H31FN2O6S2. The summed E-state index contributed by atoms with van der Waals surface area (Å²) in [6.45, 7) is 8.62. The number of nitrogens with two attached hydrogens (primary N) is 1. The molecule has 0 aromatic heterocycles. The molecule has 4 N–H and O–H groups in total. The van der Waals surface area contributed by atoms with Crippen LogP contribution in [0.4, 0.5) is 3.89 Å². The number of nitrogens with zero attached hydrogens (tertiary/aromatic N) is 1. The number of carboxylic acids is 2. The van der Waals surface area contributed by atoms with E-state index in [9.17, 15) is 28.5 Å². The molecule has 0 radical (unpaired) electrons. The van der Waals surface area contributed by atoms with Gasteiger partial charge in [-0.05, 0) is 49.6 Å². The van der Waals surface area contributed by atoms with Crippen molar-refractivity contribution < 1.29 is 33.2 Å². The summed E-state index contributed by atoms with van der Waals surface area (Å²) in [5, 5.41) is 19.1. The maximum atomic E-state index is 13.0. The largest absolute Gasteiger partial charge is 0.493 e. The summed E-state index contributed by atoms with van der Waals surface area (Å²) in [7, 11) is 3.77. The van der Waals surface area contributed by atoms with Crippen LogP contribution in [0, 0.1) is 6.92 Å². The first kappa shape index (κ1) is 29.0. The molecule has 11 heteroatoms. The molecule has 8 nitrogen and oxygen atoms in total. The summed E-state index contributed by atoms with van der Waals surface area (Å²) in [4.78, 5) is 37.9. The summed E-state index contributed by atoms with van der Waals surface area (Å²) in [6, 6.07) is 1.42. The van der Waals surface area contributed by atoms with Crippen LogP contribution in [0.1, 0.15) is 61.5 Å². The maximum Gasteiger partial charge on any atom is 0.323 e. The highest BCUT2D eigenvalue weighted by Gasteiger charge is 2.38. The van der Waals surface area contributed by atoms with Gasteiger partial charge in [0.05, 0.1) is 18.1 Å². The summed E-state index contributed by atoms with van der Waals surface area (Å²) in [6.07, 6.45) is -0.455. The van der Waals surface area contributed by atoms with Crippen LogP contribution in [-0.4, -0.2) is 59.2 Å². The highest BCUT2D eigenvalue weighted by Crippen LogP contribution is 2.44. The van der Waals surface area contributed by atoms with Crippen LogP contribution in [0.25, 0.3) is 0 Å². The summed E-state index contributed by atoms with van der Waals surface area (Å²) < 4.78 is 18.7. The zero-order valence-electron chi connectivity index (χ0n) is 18.8. The van der Waals surface area contributed by atoms with Crippen LogP contribution in [0.5, 0.6) is 5.75 Å². The number of halogens is 1. The van der Waals surface area contributed by atoms with Crippen molar-refractivity contribution >= 4 is 39.8 Å². The van der Waals surface area contributed by atoms with Gasteiger partial charge in [0.25, 0.3) is 5.91 Å². The Hall–Kier alpha value is -1.98. The second-order valence-electron chi connectivity index (χ2n) is 6.89. The van der Waals surface area contributed by atoms with Crippen molar-refractivity contribution in [2.75, 3.05) is 20.7 Å². The minimum absolute atomic E-state index is 0.0329. The molecule has 0 saturated heterocycles. The molecule has 0 bridgehead atoms. The van der Waals surface area contributed by atoms with Gasteiger partial charge < -0.3 is 25.6 Å². The number of rotatable bonds is 10. The Morgan fingerprint density at radius 3 is 2.23 bits per heavy atom. The molecule has 0 heterocycles. The first-order valence-electron chi connectivity index (χ1n) is 9.61. The minimum atomic E-state index is -1.84. The van der Waals surface area contributed by atoms with Crippen molar-refractivity contribution in [2.45, 2.75) is 57.4 Å². The van der Waals surface area contributed by atoms with Gasteiger partial charge in [-0.25, -0.2) is 0 Å². The Bertz CT molecular complexity index is 802. The first-order chi connectivity index (χ1) is 14.4. The monoisotopic (exact) mass is 478 g/mol. The van der Waals surface area contributed by atoms with E-state index in [0.29, 0.717) is 10.5 Å². The number of amides is 1. The molecule has 176 valence electrons. The Kier molecular flexibility index (Phi) is 12.0. The number of ether oxygens (including phenoxy) is 1. The third kappa shape index (κ3) is 7.29. The van der Waals surface area contributed by atoms with Crippen LogP contribution < -0.4 is 10.5 Å². The SMILES string of the molecule is CC.CCOc1c(C(CC(C)(N)C(=O)O)C(=O)O)cc(SSF)c(C)c1C(=O)N(C)C. The number of carboxylic acid groups (broad SMARTS) is 2. The van der Waals surface area contributed by atoms with Gasteiger partial charge in [-0.3, -0.25) is 14.4 Å². The molecule has 0 spiro atoms. The second kappa shape index (κ2) is 12.8. The Labute approximate surface area is 190 Å². The van der Waals surface area contributed by atoms with Crippen LogP contribution in [0.2, 0.25) is 0 Å². The molecule has 1 rings (SSSR count). The van der Waals surface area contributed by atoms with E-state index in [1.165, 1.54) is 32.0 Å². The molecule has 1 aromatic rings. The minimum Gasteiger partial charge on any atom is -0.493 e. The Morgan fingerprint density at radius 2 is 1.84 bits per heavy atom. The van der Waals surface area contributed by atoms with Gasteiger partial charge in [-0.2, -0.15) is 3.89 Å². The van der Waals surface area contributed by atoms with E-state index in [4.69, 9.17) is 10.5 Å². The molecule has 0 aliphatic rings. The predicted octanol–water partition coefficient (Wildman–Crippen LogP) is 4.11. The fraction of sp³-hybridized carbons (Fsp3) is 0.550. The molecule has 0 saturated carbocycles. The molecule has 0 aliphatic heterocycles. The van der Waals surface area contributed by atoms with Crippen molar-refractivity contribution in [3.05, 3.63) is 22.8 Å². The first-order valence-corrected chi connectivity index (χ1v) is 11.7. The second-order valence-corrected chi connectivity index (χ2v) is 8.50. The lowest BCUT2D eigenvalue weighted by Gasteiger charge is -2.27. The average molecular weight is 479 g/mol. The third-order valence-corrected chi connectivity index (χ3v) is 5.73. The van der Waals surface area contributed by atoms with Crippen molar-refractivity contribution in [2.24, 2.45) is 5.73 Å². The number of carbonyl (C=O) groups excluding carboxylic acids is 1. The molecular weight excluding hydrogens is 447 g/mol. The quantitative estimate of drug-likeness (QED) is 0.425. The van der Waals surface area contributed by atoms with Gasteiger partial charge in [0.15, 0.2) is 0 Å². The van der Waals surface area contributed by atoms with Crippen LogP contribution in [0.15, 0.2) is 11.0 Å². The lowest BCUT2D eigenvalue weighted by molar-refractivity contribution is -0.144. The average Bonchev–Trinajstić information content (AvgIpc) is 2.69. The molecule has 2 atom stereocenters. The number of benzene rings is 1. The van der Waals surface area contributed by atoms with Crippen LogP contribution in [0.3, 0.4) is 0 Å². The van der Waals surface area contributed by atoms with Crippen LogP contribution in [-0.2, 0) is 9.59 Å². The number of carbonyl (C=O) groups is 3. The standard InChI is InChI=1S/C18H25FN2O6S2.C2H6/c1-6-27-14-10(11(16(23)24)8-18(3,20)17(25)26)7-12(28-29-19)9(2)13(14)15(22)21(4)5;1-2/h7,11H,6,8,20H2,1-5H3,(H,23,24)(H,25,26);1-2H3. The van der Waals surface area contributed by atoms with E-state index >= 15 is 0 Å². The van der Waals surface area contributed by atoms with Crippen molar-refractivity contribution in [1.82, 2.24) is 4.90 Å².